The summed E-state index contributed by atoms with van der Waals surface area (Å²) in [5.74, 6) is 2.09. The Balaban J connectivity index is 1.90. The van der Waals surface area contributed by atoms with Crippen molar-refractivity contribution in [2.45, 2.75) is 38.0 Å². The highest BCUT2D eigenvalue weighted by molar-refractivity contribution is 7.99. The van der Waals surface area contributed by atoms with Gasteiger partial charge >= 0.3 is 0 Å². The van der Waals surface area contributed by atoms with Gasteiger partial charge in [-0.25, -0.2) is 0 Å². The number of nitrogens with one attached hydrogen (secondary N) is 2. The van der Waals surface area contributed by atoms with Gasteiger partial charge in [0.15, 0.2) is 0 Å². The number of thioether (sulfide) groups is 1. The summed E-state index contributed by atoms with van der Waals surface area (Å²) in [6, 6.07) is -0.0385. The molecule has 2 rings (SSSR count). The minimum absolute atomic E-state index is 0.0385. The van der Waals surface area contributed by atoms with Gasteiger partial charge in [-0.05, 0) is 20.3 Å². The fourth-order valence-electron chi connectivity index (χ4n) is 2.10. The second-order valence-electron chi connectivity index (χ2n) is 4.75. The van der Waals surface area contributed by atoms with Gasteiger partial charge in [-0.1, -0.05) is 0 Å². The number of ether oxygens (including phenoxy) is 1. The summed E-state index contributed by atoms with van der Waals surface area (Å²) in [7, 11) is 0. The average molecular weight is 244 g/mol. The Morgan fingerprint density at radius 2 is 2.44 bits per heavy atom. The van der Waals surface area contributed by atoms with Gasteiger partial charge in [0.1, 0.15) is 0 Å². The molecular weight excluding hydrogens is 224 g/mol. The van der Waals surface area contributed by atoms with Gasteiger partial charge in [-0.15, -0.1) is 0 Å². The second kappa shape index (κ2) is 4.94. The summed E-state index contributed by atoms with van der Waals surface area (Å²) < 4.78 is 5.52. The molecule has 0 aliphatic carbocycles. The predicted molar refractivity (Wildman–Crippen MR) is 65.7 cm³/mol. The van der Waals surface area contributed by atoms with Crippen molar-refractivity contribution in [2.75, 3.05) is 24.7 Å². The summed E-state index contributed by atoms with van der Waals surface area (Å²) >= 11 is 1.83. The lowest BCUT2D eigenvalue weighted by Crippen LogP contribution is -2.57. The van der Waals surface area contributed by atoms with Crippen LogP contribution in [0.15, 0.2) is 0 Å². The minimum Gasteiger partial charge on any atom is -0.376 e. The predicted octanol–water partition coefficient (Wildman–Crippen LogP) is 0.375. The van der Waals surface area contributed by atoms with Gasteiger partial charge in [0.05, 0.1) is 17.7 Å². The minimum atomic E-state index is -0.194. The van der Waals surface area contributed by atoms with Crippen molar-refractivity contribution in [3.05, 3.63) is 0 Å². The largest absolute Gasteiger partial charge is 0.376 e. The van der Waals surface area contributed by atoms with Crippen molar-refractivity contribution in [1.29, 1.82) is 0 Å². The first kappa shape index (κ1) is 12.2. The SMILES string of the molecule is CC1OCCC1(C)NC(=O)C1CSCCN1. The molecule has 2 aliphatic rings. The molecule has 0 aromatic rings. The van der Waals surface area contributed by atoms with Crippen molar-refractivity contribution in [1.82, 2.24) is 10.6 Å². The first-order valence-corrected chi connectivity index (χ1v) is 7.02. The molecule has 2 aliphatic heterocycles. The molecule has 0 bridgehead atoms. The first-order chi connectivity index (χ1) is 7.62. The molecule has 92 valence electrons. The summed E-state index contributed by atoms with van der Waals surface area (Å²) in [6.07, 6.45) is 1.01. The zero-order chi connectivity index (χ0) is 11.6. The molecule has 2 heterocycles. The summed E-state index contributed by atoms with van der Waals surface area (Å²) in [5.41, 5.74) is -0.194. The van der Waals surface area contributed by atoms with E-state index < -0.39 is 0 Å². The maximum Gasteiger partial charge on any atom is 0.238 e. The quantitative estimate of drug-likeness (QED) is 0.737. The van der Waals surface area contributed by atoms with E-state index in [4.69, 9.17) is 4.74 Å². The van der Waals surface area contributed by atoms with Gasteiger partial charge in [-0.2, -0.15) is 11.8 Å². The maximum absolute atomic E-state index is 12.1. The molecule has 0 aromatic heterocycles. The van der Waals surface area contributed by atoms with Gasteiger partial charge < -0.3 is 15.4 Å². The molecule has 3 unspecified atom stereocenters. The number of rotatable bonds is 2. The fourth-order valence-corrected chi connectivity index (χ4v) is 3.04. The Kier molecular flexibility index (Phi) is 3.77. The van der Waals surface area contributed by atoms with Gasteiger partial charge in [-0.3, -0.25) is 4.79 Å². The Hall–Kier alpha value is -0.260. The number of carbonyl (C=O) groups is 1. The average Bonchev–Trinajstić information content (AvgIpc) is 2.60. The van der Waals surface area contributed by atoms with E-state index in [1.54, 1.807) is 0 Å². The second-order valence-corrected chi connectivity index (χ2v) is 5.90. The number of amides is 1. The van der Waals surface area contributed by atoms with Crippen LogP contribution in [0.5, 0.6) is 0 Å². The van der Waals surface area contributed by atoms with Crippen LogP contribution in [0, 0.1) is 0 Å². The van der Waals surface area contributed by atoms with E-state index >= 15 is 0 Å². The zero-order valence-electron chi connectivity index (χ0n) is 9.91. The van der Waals surface area contributed by atoms with E-state index in [2.05, 4.69) is 17.6 Å². The highest BCUT2D eigenvalue weighted by Gasteiger charge is 2.39. The van der Waals surface area contributed by atoms with Gasteiger partial charge in [0, 0.05) is 24.7 Å². The van der Waals surface area contributed by atoms with E-state index in [1.165, 1.54) is 0 Å². The molecule has 5 heteroatoms. The van der Waals surface area contributed by atoms with Gasteiger partial charge in [0.25, 0.3) is 0 Å². The standard InChI is InChI=1S/C11H20N2O2S/c1-8-11(2,3-5-15-8)13-10(14)9-7-16-6-4-12-9/h8-9,12H,3-7H2,1-2H3,(H,13,14). The maximum atomic E-state index is 12.1. The Labute approximate surface area is 101 Å². The van der Waals surface area contributed by atoms with Crippen LogP contribution in [-0.4, -0.2) is 48.2 Å². The third-order valence-corrected chi connectivity index (χ3v) is 4.60. The summed E-state index contributed by atoms with van der Waals surface area (Å²) in [6.45, 7) is 5.76. The van der Waals surface area contributed by atoms with E-state index in [9.17, 15) is 4.79 Å². The Morgan fingerprint density at radius 3 is 3.00 bits per heavy atom. The van der Waals surface area contributed by atoms with Crippen LogP contribution in [0.25, 0.3) is 0 Å². The molecule has 4 nitrogen and oxygen atoms in total. The van der Waals surface area contributed by atoms with Crippen molar-refractivity contribution >= 4 is 17.7 Å². The van der Waals surface area contributed by atoms with Crippen LogP contribution in [0.1, 0.15) is 20.3 Å². The van der Waals surface area contributed by atoms with E-state index in [1.807, 2.05) is 18.7 Å². The molecule has 16 heavy (non-hydrogen) atoms. The highest BCUT2D eigenvalue weighted by atomic mass is 32.2. The van der Waals surface area contributed by atoms with Crippen LogP contribution < -0.4 is 10.6 Å². The van der Waals surface area contributed by atoms with Crippen LogP contribution in [-0.2, 0) is 9.53 Å². The third-order valence-electron chi connectivity index (χ3n) is 3.53. The molecule has 0 radical (unpaired) electrons. The van der Waals surface area contributed by atoms with E-state index in [0.29, 0.717) is 0 Å². The monoisotopic (exact) mass is 244 g/mol. The lowest BCUT2D eigenvalue weighted by atomic mass is 9.94. The summed E-state index contributed by atoms with van der Waals surface area (Å²) in [4.78, 5) is 12.1. The van der Waals surface area contributed by atoms with E-state index in [-0.39, 0.29) is 23.6 Å². The third kappa shape index (κ3) is 2.52. The highest BCUT2D eigenvalue weighted by Crippen LogP contribution is 2.25. The molecule has 2 fully saturated rings. The molecule has 0 aromatic carbocycles. The fraction of sp³-hybridized carbons (Fsp3) is 0.909. The Morgan fingerprint density at radius 1 is 1.62 bits per heavy atom. The molecule has 3 atom stereocenters. The van der Waals surface area contributed by atoms with Crippen LogP contribution in [0.4, 0.5) is 0 Å². The lowest BCUT2D eigenvalue weighted by Gasteiger charge is -2.32. The Bertz CT molecular complexity index is 269. The van der Waals surface area contributed by atoms with E-state index in [0.717, 1.165) is 31.1 Å². The molecule has 1 amide bonds. The van der Waals surface area contributed by atoms with Gasteiger partial charge in [0.2, 0.25) is 5.91 Å². The van der Waals surface area contributed by atoms with Crippen molar-refractivity contribution in [3.8, 4) is 0 Å². The molecule has 2 N–H and O–H groups in total. The summed E-state index contributed by atoms with van der Waals surface area (Å²) in [5, 5.41) is 6.39. The molecular formula is C11H20N2O2S. The van der Waals surface area contributed by atoms with Crippen molar-refractivity contribution in [3.63, 3.8) is 0 Å². The van der Waals surface area contributed by atoms with Crippen LogP contribution in [0.3, 0.4) is 0 Å². The molecule has 2 saturated heterocycles. The van der Waals surface area contributed by atoms with Crippen LogP contribution >= 0.6 is 11.8 Å². The first-order valence-electron chi connectivity index (χ1n) is 5.86. The number of hydrogen-bond donors (Lipinski definition) is 2. The number of hydrogen-bond acceptors (Lipinski definition) is 4. The molecule has 0 spiro atoms. The van der Waals surface area contributed by atoms with Crippen molar-refractivity contribution < 1.29 is 9.53 Å². The molecule has 0 saturated carbocycles. The van der Waals surface area contributed by atoms with Crippen LogP contribution in [0.2, 0.25) is 0 Å². The smallest absolute Gasteiger partial charge is 0.238 e. The topological polar surface area (TPSA) is 50.4 Å². The lowest BCUT2D eigenvalue weighted by molar-refractivity contribution is -0.125. The number of carbonyl (C=O) groups excluding carboxylic acids is 1. The zero-order valence-corrected chi connectivity index (χ0v) is 10.7. The normalized spacial score (nSPS) is 39.6. The van der Waals surface area contributed by atoms with Crippen molar-refractivity contribution in [2.24, 2.45) is 0 Å².